The quantitative estimate of drug-likeness (QED) is 0.839. The molecule has 2 rings (SSSR count). The van der Waals surface area contributed by atoms with E-state index < -0.39 is 0 Å². The van der Waals surface area contributed by atoms with Crippen LogP contribution in [0.3, 0.4) is 0 Å². The molecule has 2 aromatic rings. The first-order chi connectivity index (χ1) is 9.47. The second-order valence-corrected chi connectivity index (χ2v) is 5.76. The van der Waals surface area contributed by atoms with Gasteiger partial charge in [0.05, 0.1) is 6.04 Å². The Morgan fingerprint density at radius 3 is 2.60 bits per heavy atom. The minimum atomic E-state index is -0.136. The zero-order valence-electron chi connectivity index (χ0n) is 11.5. The lowest BCUT2D eigenvalue weighted by Gasteiger charge is -2.16. The molecule has 0 aliphatic heterocycles. The third kappa shape index (κ3) is 3.39. The zero-order valence-corrected chi connectivity index (χ0v) is 13.1. The third-order valence-corrected chi connectivity index (χ3v) is 3.57. The van der Waals surface area contributed by atoms with Crippen molar-refractivity contribution in [3.05, 3.63) is 63.6 Å². The number of nitrogen functional groups attached to an aromatic ring is 1. The first kappa shape index (κ1) is 14.6. The average Bonchev–Trinajstić information content (AvgIpc) is 2.37. The minimum Gasteiger partial charge on any atom is -0.398 e. The molecule has 0 bridgehead atoms. The fourth-order valence-electron chi connectivity index (χ4n) is 2.13. The maximum atomic E-state index is 12.3. The zero-order chi connectivity index (χ0) is 14.7. The molecular weight excluding hydrogens is 316 g/mol. The summed E-state index contributed by atoms with van der Waals surface area (Å²) < 4.78 is 0.898. The molecule has 0 saturated heterocycles. The molecule has 104 valence electrons. The van der Waals surface area contributed by atoms with Gasteiger partial charge in [0.1, 0.15) is 0 Å². The smallest absolute Gasteiger partial charge is 0.251 e. The highest BCUT2D eigenvalue weighted by atomic mass is 79.9. The molecule has 3 nitrogen and oxygen atoms in total. The van der Waals surface area contributed by atoms with E-state index in [-0.39, 0.29) is 11.9 Å². The van der Waals surface area contributed by atoms with Crippen molar-refractivity contribution in [2.75, 3.05) is 5.73 Å². The van der Waals surface area contributed by atoms with Gasteiger partial charge in [0.25, 0.3) is 5.91 Å². The molecular formula is C16H17BrN2O. The molecule has 3 N–H and O–H groups in total. The number of carbonyl (C=O) groups excluding carboxylic acids is 1. The van der Waals surface area contributed by atoms with Crippen molar-refractivity contribution < 1.29 is 4.79 Å². The first-order valence-corrected chi connectivity index (χ1v) is 7.19. The van der Waals surface area contributed by atoms with Crippen molar-refractivity contribution >= 4 is 27.5 Å². The van der Waals surface area contributed by atoms with Gasteiger partial charge in [0.15, 0.2) is 0 Å². The lowest BCUT2D eigenvalue weighted by atomic mass is 10.1. The second-order valence-electron chi connectivity index (χ2n) is 4.84. The van der Waals surface area contributed by atoms with Crippen molar-refractivity contribution in [3.8, 4) is 0 Å². The van der Waals surface area contributed by atoms with Gasteiger partial charge >= 0.3 is 0 Å². The molecule has 0 saturated carbocycles. The third-order valence-electron chi connectivity index (χ3n) is 3.11. The van der Waals surface area contributed by atoms with Gasteiger partial charge in [-0.3, -0.25) is 4.79 Å². The number of hydrogen-bond donors (Lipinski definition) is 2. The SMILES string of the molecule is Cc1cc(Br)cc(C(=O)NC(C)c2ccccc2N)c1. The van der Waals surface area contributed by atoms with Crippen molar-refractivity contribution in [1.82, 2.24) is 5.32 Å². The molecule has 1 unspecified atom stereocenters. The normalized spacial score (nSPS) is 11.9. The highest BCUT2D eigenvalue weighted by Gasteiger charge is 2.13. The Bertz CT molecular complexity index is 620. The summed E-state index contributed by atoms with van der Waals surface area (Å²) >= 11 is 3.40. The van der Waals surface area contributed by atoms with E-state index in [1.54, 1.807) is 0 Å². The molecule has 2 aromatic carbocycles. The van der Waals surface area contributed by atoms with Crippen LogP contribution in [0.15, 0.2) is 46.9 Å². The first-order valence-electron chi connectivity index (χ1n) is 6.40. The summed E-state index contributed by atoms with van der Waals surface area (Å²) in [5.74, 6) is -0.106. The van der Waals surface area contributed by atoms with Crippen LogP contribution in [0.1, 0.15) is 34.5 Å². The molecule has 0 radical (unpaired) electrons. The van der Waals surface area contributed by atoms with Gasteiger partial charge in [-0.1, -0.05) is 34.1 Å². The number of nitrogens with one attached hydrogen (secondary N) is 1. The van der Waals surface area contributed by atoms with E-state index in [0.717, 1.165) is 15.6 Å². The van der Waals surface area contributed by atoms with Crippen molar-refractivity contribution in [1.29, 1.82) is 0 Å². The summed E-state index contributed by atoms with van der Waals surface area (Å²) in [4.78, 5) is 12.3. The van der Waals surface area contributed by atoms with Gasteiger partial charge in [0.2, 0.25) is 0 Å². The highest BCUT2D eigenvalue weighted by molar-refractivity contribution is 9.10. The molecule has 1 amide bonds. The summed E-state index contributed by atoms with van der Waals surface area (Å²) in [5.41, 5.74) is 9.21. The summed E-state index contributed by atoms with van der Waals surface area (Å²) in [6.07, 6.45) is 0. The van der Waals surface area contributed by atoms with Crippen LogP contribution in [-0.2, 0) is 0 Å². The Morgan fingerprint density at radius 1 is 1.25 bits per heavy atom. The molecule has 0 aromatic heterocycles. The van der Waals surface area contributed by atoms with E-state index in [2.05, 4.69) is 21.2 Å². The minimum absolute atomic E-state index is 0.106. The Labute approximate surface area is 127 Å². The van der Waals surface area contributed by atoms with Gasteiger partial charge in [0, 0.05) is 15.7 Å². The number of hydrogen-bond acceptors (Lipinski definition) is 2. The van der Waals surface area contributed by atoms with Crippen LogP contribution in [0.25, 0.3) is 0 Å². The van der Waals surface area contributed by atoms with Crippen LogP contribution in [0.4, 0.5) is 5.69 Å². The van der Waals surface area contributed by atoms with E-state index in [9.17, 15) is 4.79 Å². The summed E-state index contributed by atoms with van der Waals surface area (Å²) in [7, 11) is 0. The number of aryl methyl sites for hydroxylation is 1. The number of para-hydroxylation sites is 1. The molecule has 0 heterocycles. The maximum Gasteiger partial charge on any atom is 0.251 e. The molecule has 1 atom stereocenters. The van der Waals surface area contributed by atoms with E-state index in [4.69, 9.17) is 5.73 Å². The number of benzene rings is 2. The van der Waals surface area contributed by atoms with Crippen LogP contribution in [0, 0.1) is 6.92 Å². The van der Waals surface area contributed by atoms with Gasteiger partial charge in [-0.25, -0.2) is 0 Å². The number of amides is 1. The Balaban J connectivity index is 2.17. The van der Waals surface area contributed by atoms with Crippen molar-refractivity contribution in [3.63, 3.8) is 0 Å². The predicted octanol–water partition coefficient (Wildman–Crippen LogP) is 3.83. The van der Waals surface area contributed by atoms with E-state index >= 15 is 0 Å². The molecule has 4 heteroatoms. The molecule has 0 spiro atoms. The Kier molecular flexibility index (Phi) is 4.45. The number of rotatable bonds is 3. The summed E-state index contributed by atoms with van der Waals surface area (Å²) in [6, 6.07) is 13.1. The summed E-state index contributed by atoms with van der Waals surface area (Å²) in [5, 5.41) is 2.97. The van der Waals surface area contributed by atoms with Gasteiger partial charge in [-0.15, -0.1) is 0 Å². The molecule has 0 aliphatic carbocycles. The summed E-state index contributed by atoms with van der Waals surface area (Å²) in [6.45, 7) is 3.88. The molecule has 0 aliphatic rings. The largest absolute Gasteiger partial charge is 0.398 e. The van der Waals surface area contributed by atoms with Crippen LogP contribution in [0.2, 0.25) is 0 Å². The van der Waals surface area contributed by atoms with Crippen LogP contribution >= 0.6 is 15.9 Å². The standard InChI is InChI=1S/C16H17BrN2O/c1-10-7-12(9-13(17)8-10)16(20)19-11(2)14-5-3-4-6-15(14)18/h3-9,11H,18H2,1-2H3,(H,19,20). The van der Waals surface area contributed by atoms with Gasteiger partial charge < -0.3 is 11.1 Å². The monoisotopic (exact) mass is 332 g/mol. The number of nitrogens with two attached hydrogens (primary N) is 1. The fraction of sp³-hybridized carbons (Fsp3) is 0.188. The maximum absolute atomic E-state index is 12.3. The van der Waals surface area contributed by atoms with Crippen molar-refractivity contribution in [2.24, 2.45) is 0 Å². The van der Waals surface area contributed by atoms with Crippen LogP contribution < -0.4 is 11.1 Å². The second kappa shape index (κ2) is 6.09. The number of carbonyl (C=O) groups is 1. The predicted molar refractivity (Wildman–Crippen MR) is 85.6 cm³/mol. The van der Waals surface area contributed by atoms with Crippen LogP contribution in [-0.4, -0.2) is 5.91 Å². The lowest BCUT2D eigenvalue weighted by molar-refractivity contribution is 0.0940. The highest BCUT2D eigenvalue weighted by Crippen LogP contribution is 2.21. The lowest BCUT2D eigenvalue weighted by Crippen LogP contribution is -2.27. The van der Waals surface area contributed by atoms with E-state index in [0.29, 0.717) is 11.3 Å². The van der Waals surface area contributed by atoms with Gasteiger partial charge in [-0.05, 0) is 49.2 Å². The average molecular weight is 333 g/mol. The van der Waals surface area contributed by atoms with Crippen LogP contribution in [0.5, 0.6) is 0 Å². The van der Waals surface area contributed by atoms with E-state index in [1.807, 2.05) is 56.3 Å². The Hall–Kier alpha value is -1.81. The fourth-order valence-corrected chi connectivity index (χ4v) is 2.74. The van der Waals surface area contributed by atoms with Crippen molar-refractivity contribution in [2.45, 2.75) is 19.9 Å². The topological polar surface area (TPSA) is 55.1 Å². The molecule has 0 fully saturated rings. The van der Waals surface area contributed by atoms with E-state index in [1.165, 1.54) is 0 Å². The Morgan fingerprint density at radius 2 is 1.95 bits per heavy atom. The van der Waals surface area contributed by atoms with Gasteiger partial charge in [-0.2, -0.15) is 0 Å². The molecule has 20 heavy (non-hydrogen) atoms. The number of anilines is 1. The number of halogens is 1.